The molecule has 0 spiro atoms. The number of nitrogens with one attached hydrogen (secondary N) is 1. The molecular weight excluding hydrogens is 304 g/mol. The number of hydrogen-bond donors (Lipinski definition) is 2. The Morgan fingerprint density at radius 1 is 1.46 bits per heavy atom. The van der Waals surface area contributed by atoms with Gasteiger partial charge in [-0.15, -0.1) is 0 Å². The van der Waals surface area contributed by atoms with Crippen LogP contribution in [0.3, 0.4) is 0 Å². The number of carbonyl (C=O) groups is 1. The average molecular weight is 332 g/mol. The van der Waals surface area contributed by atoms with E-state index in [4.69, 9.17) is 15.2 Å². The molecule has 3 rings (SSSR count). The molecule has 3 atom stereocenters. The lowest BCUT2D eigenvalue weighted by Crippen LogP contribution is -2.82. The van der Waals surface area contributed by atoms with Crippen LogP contribution in [-0.4, -0.2) is 37.8 Å². The lowest BCUT2D eigenvalue weighted by molar-refractivity contribution is -0.225. The molecule has 0 bridgehead atoms. The third-order valence-corrected chi connectivity index (χ3v) is 5.89. The second-order valence-corrected chi connectivity index (χ2v) is 7.49. The average Bonchev–Trinajstić information content (AvgIpc) is 2.61. The van der Waals surface area contributed by atoms with Crippen molar-refractivity contribution in [2.45, 2.75) is 44.8 Å². The van der Waals surface area contributed by atoms with E-state index in [2.05, 4.69) is 5.32 Å². The molecule has 2 aliphatic rings. The minimum Gasteiger partial charge on any atom is -0.497 e. The molecule has 1 saturated carbocycles. The summed E-state index contributed by atoms with van der Waals surface area (Å²) in [6, 6.07) is 7.89. The first-order valence-corrected chi connectivity index (χ1v) is 8.73. The number of fused-ring (bicyclic) bond motifs is 1. The molecule has 132 valence electrons. The Morgan fingerprint density at radius 2 is 2.25 bits per heavy atom. The monoisotopic (exact) mass is 332 g/mol. The smallest absolute Gasteiger partial charge is 0.241 e. The number of amides is 1. The molecule has 1 saturated heterocycles. The molecule has 1 heterocycles. The molecule has 5 heteroatoms. The lowest BCUT2D eigenvalue weighted by atomic mass is 9.46. The van der Waals surface area contributed by atoms with Gasteiger partial charge < -0.3 is 20.5 Å². The van der Waals surface area contributed by atoms with Gasteiger partial charge in [-0.3, -0.25) is 4.79 Å². The molecule has 5 nitrogen and oxygen atoms in total. The number of benzene rings is 1. The minimum atomic E-state index is -0.841. The van der Waals surface area contributed by atoms with Gasteiger partial charge in [0.05, 0.1) is 13.2 Å². The van der Waals surface area contributed by atoms with Crippen molar-refractivity contribution in [3.8, 4) is 5.75 Å². The molecule has 0 aromatic heterocycles. The minimum absolute atomic E-state index is 0.0536. The topological polar surface area (TPSA) is 73.6 Å². The zero-order chi connectivity index (χ0) is 17.4. The summed E-state index contributed by atoms with van der Waals surface area (Å²) in [5, 5.41) is 3.04. The Morgan fingerprint density at radius 3 is 3.00 bits per heavy atom. The van der Waals surface area contributed by atoms with Crippen LogP contribution in [0.25, 0.3) is 0 Å². The summed E-state index contributed by atoms with van der Waals surface area (Å²) < 4.78 is 11.1. The van der Waals surface area contributed by atoms with Crippen molar-refractivity contribution in [3.05, 3.63) is 29.8 Å². The second-order valence-electron chi connectivity index (χ2n) is 7.49. The highest BCUT2D eigenvalue weighted by Gasteiger charge is 2.70. The Kier molecular flexibility index (Phi) is 4.58. The third-order valence-electron chi connectivity index (χ3n) is 5.89. The van der Waals surface area contributed by atoms with E-state index < -0.39 is 5.54 Å². The lowest BCUT2D eigenvalue weighted by Gasteiger charge is -2.65. The van der Waals surface area contributed by atoms with Gasteiger partial charge in [0.1, 0.15) is 11.3 Å². The summed E-state index contributed by atoms with van der Waals surface area (Å²) >= 11 is 0. The second kappa shape index (κ2) is 6.37. The molecule has 3 N–H and O–H groups in total. The van der Waals surface area contributed by atoms with Crippen molar-refractivity contribution in [1.82, 2.24) is 5.32 Å². The summed E-state index contributed by atoms with van der Waals surface area (Å²) in [6.45, 7) is 5.43. The van der Waals surface area contributed by atoms with Crippen LogP contribution in [-0.2, 0) is 16.0 Å². The standard InChI is InChI=1S/C19H28N2O3/c1-18(2)16-15(8-5-11-24-16)19(18,20)17(22)21-10-9-13-6-4-7-14(12-13)23-3/h4,6-7,12,15-16H,5,8-11,20H2,1-3H3,(H,21,22). The zero-order valence-electron chi connectivity index (χ0n) is 14.8. The van der Waals surface area contributed by atoms with E-state index in [0.717, 1.165) is 37.2 Å². The highest BCUT2D eigenvalue weighted by atomic mass is 16.5. The molecular formula is C19H28N2O3. The van der Waals surface area contributed by atoms with Gasteiger partial charge in [0, 0.05) is 24.5 Å². The quantitative estimate of drug-likeness (QED) is 0.863. The Labute approximate surface area is 143 Å². The van der Waals surface area contributed by atoms with Crippen molar-refractivity contribution in [2.24, 2.45) is 17.1 Å². The first-order valence-electron chi connectivity index (χ1n) is 8.73. The van der Waals surface area contributed by atoms with Gasteiger partial charge in [-0.1, -0.05) is 26.0 Å². The van der Waals surface area contributed by atoms with Crippen LogP contribution in [0.5, 0.6) is 5.75 Å². The SMILES string of the molecule is COc1cccc(CCNC(=O)C2(N)C3CCCOC3C2(C)C)c1. The van der Waals surface area contributed by atoms with Crippen LogP contribution in [0.15, 0.2) is 24.3 Å². The van der Waals surface area contributed by atoms with E-state index in [0.29, 0.717) is 6.54 Å². The normalized spacial score (nSPS) is 30.8. The van der Waals surface area contributed by atoms with Gasteiger partial charge in [-0.2, -0.15) is 0 Å². The largest absolute Gasteiger partial charge is 0.497 e. The first kappa shape index (κ1) is 17.2. The maximum absolute atomic E-state index is 12.8. The van der Waals surface area contributed by atoms with Gasteiger partial charge in [-0.05, 0) is 37.0 Å². The molecule has 3 unspecified atom stereocenters. The van der Waals surface area contributed by atoms with Crippen molar-refractivity contribution in [2.75, 3.05) is 20.3 Å². The number of nitrogens with two attached hydrogens (primary N) is 1. The van der Waals surface area contributed by atoms with Crippen molar-refractivity contribution >= 4 is 5.91 Å². The predicted molar refractivity (Wildman–Crippen MR) is 92.9 cm³/mol. The van der Waals surface area contributed by atoms with Gasteiger partial charge >= 0.3 is 0 Å². The zero-order valence-corrected chi connectivity index (χ0v) is 14.8. The van der Waals surface area contributed by atoms with Gasteiger partial charge in [-0.25, -0.2) is 0 Å². The Hall–Kier alpha value is -1.59. The van der Waals surface area contributed by atoms with Crippen LogP contribution in [0.1, 0.15) is 32.3 Å². The van der Waals surface area contributed by atoms with E-state index in [1.165, 1.54) is 0 Å². The van der Waals surface area contributed by atoms with E-state index in [1.54, 1.807) is 7.11 Å². The first-order chi connectivity index (χ1) is 11.4. The third kappa shape index (κ3) is 2.60. The summed E-state index contributed by atoms with van der Waals surface area (Å²) in [6.07, 6.45) is 2.80. The number of hydrogen-bond acceptors (Lipinski definition) is 4. The molecule has 1 aliphatic heterocycles. The van der Waals surface area contributed by atoms with Crippen LogP contribution in [0.4, 0.5) is 0 Å². The van der Waals surface area contributed by atoms with Crippen molar-refractivity contribution in [3.63, 3.8) is 0 Å². The number of rotatable bonds is 5. The fourth-order valence-electron chi connectivity index (χ4n) is 4.33. The molecule has 2 fully saturated rings. The maximum atomic E-state index is 12.8. The van der Waals surface area contributed by atoms with Crippen LogP contribution >= 0.6 is 0 Å². The van der Waals surface area contributed by atoms with E-state index in [-0.39, 0.29) is 23.3 Å². The van der Waals surface area contributed by atoms with Gasteiger partial charge in [0.25, 0.3) is 0 Å². The molecule has 24 heavy (non-hydrogen) atoms. The molecule has 0 radical (unpaired) electrons. The van der Waals surface area contributed by atoms with E-state index in [9.17, 15) is 4.79 Å². The summed E-state index contributed by atoms with van der Waals surface area (Å²) in [4.78, 5) is 12.8. The number of carbonyl (C=O) groups excluding carboxylic acids is 1. The fraction of sp³-hybridized carbons (Fsp3) is 0.632. The highest BCUT2D eigenvalue weighted by Crippen LogP contribution is 2.57. The van der Waals surface area contributed by atoms with Crippen LogP contribution < -0.4 is 15.8 Å². The van der Waals surface area contributed by atoms with Crippen molar-refractivity contribution < 1.29 is 14.3 Å². The number of ether oxygens (including phenoxy) is 2. The predicted octanol–water partition coefficient (Wildman–Crippen LogP) is 1.89. The summed E-state index contributed by atoms with van der Waals surface area (Å²) in [5.74, 6) is 0.900. The van der Waals surface area contributed by atoms with Crippen LogP contribution in [0, 0.1) is 11.3 Å². The fourth-order valence-corrected chi connectivity index (χ4v) is 4.33. The highest BCUT2D eigenvalue weighted by molar-refractivity contribution is 5.89. The molecule has 1 amide bonds. The maximum Gasteiger partial charge on any atom is 0.241 e. The van der Waals surface area contributed by atoms with Crippen LogP contribution in [0.2, 0.25) is 0 Å². The number of methoxy groups -OCH3 is 1. The molecule has 1 aliphatic carbocycles. The summed E-state index contributed by atoms with van der Waals surface area (Å²) in [7, 11) is 1.65. The Balaban J connectivity index is 1.60. The summed E-state index contributed by atoms with van der Waals surface area (Å²) in [5.41, 5.74) is 6.55. The van der Waals surface area contributed by atoms with E-state index >= 15 is 0 Å². The Bertz CT molecular complexity index is 616. The van der Waals surface area contributed by atoms with E-state index in [1.807, 2.05) is 38.1 Å². The molecule has 1 aromatic carbocycles. The molecule has 1 aromatic rings. The van der Waals surface area contributed by atoms with Gasteiger partial charge in [0.15, 0.2) is 0 Å². The van der Waals surface area contributed by atoms with Crippen molar-refractivity contribution in [1.29, 1.82) is 0 Å². The van der Waals surface area contributed by atoms with Gasteiger partial charge in [0.2, 0.25) is 5.91 Å².